The van der Waals surface area contributed by atoms with E-state index in [0.717, 1.165) is 19.3 Å². The topological polar surface area (TPSA) is 32.3 Å². The van der Waals surface area contributed by atoms with Gasteiger partial charge in [0.1, 0.15) is 0 Å². The second-order valence-electron chi connectivity index (χ2n) is 9.19. The highest BCUT2D eigenvalue weighted by molar-refractivity contribution is 5.81. The van der Waals surface area contributed by atoms with E-state index in [1.807, 2.05) is 14.1 Å². The van der Waals surface area contributed by atoms with Gasteiger partial charge >= 0.3 is 0 Å². The Morgan fingerprint density at radius 1 is 1.14 bits per heavy atom. The first kappa shape index (κ1) is 18.5. The van der Waals surface area contributed by atoms with E-state index in [4.69, 9.17) is 0 Å². The van der Waals surface area contributed by atoms with Crippen LogP contribution >= 0.6 is 0 Å². The maximum Gasteiger partial charge on any atom is 0.239 e. The van der Waals surface area contributed by atoms with Crippen molar-refractivity contribution >= 4 is 5.91 Å². The van der Waals surface area contributed by atoms with Crippen molar-refractivity contribution in [2.45, 2.75) is 79.3 Å². The molecule has 1 aliphatic rings. The Labute approximate surface area is 131 Å². The van der Waals surface area contributed by atoms with Crippen LogP contribution in [-0.2, 0) is 4.79 Å². The van der Waals surface area contributed by atoms with Gasteiger partial charge in [-0.25, -0.2) is 0 Å². The monoisotopic (exact) mass is 296 g/mol. The summed E-state index contributed by atoms with van der Waals surface area (Å²) in [6.07, 6.45) is 4.49. The van der Waals surface area contributed by atoms with Gasteiger partial charge in [0.25, 0.3) is 0 Å². The van der Waals surface area contributed by atoms with E-state index in [2.05, 4.69) is 46.9 Å². The minimum Gasteiger partial charge on any atom is -0.347 e. The van der Waals surface area contributed by atoms with E-state index < -0.39 is 0 Å². The van der Waals surface area contributed by atoms with Crippen LogP contribution in [0.15, 0.2) is 0 Å². The summed E-state index contributed by atoms with van der Waals surface area (Å²) in [5.74, 6) is 0.737. The van der Waals surface area contributed by atoms with Crippen LogP contribution in [-0.4, -0.2) is 37.0 Å². The van der Waals surface area contributed by atoms with Gasteiger partial charge in [0, 0.05) is 20.1 Å². The third-order valence-electron chi connectivity index (χ3n) is 4.44. The Kier molecular flexibility index (Phi) is 5.88. The third kappa shape index (κ3) is 5.98. The molecule has 0 aromatic rings. The summed E-state index contributed by atoms with van der Waals surface area (Å²) in [4.78, 5) is 14.2. The van der Waals surface area contributed by atoms with E-state index in [1.165, 1.54) is 6.42 Å². The molecule has 0 aromatic carbocycles. The van der Waals surface area contributed by atoms with Crippen LogP contribution in [0.2, 0.25) is 0 Å². The van der Waals surface area contributed by atoms with Crippen molar-refractivity contribution in [3.8, 4) is 0 Å². The number of hydrogen-bond acceptors (Lipinski definition) is 2. The van der Waals surface area contributed by atoms with Crippen LogP contribution in [0, 0.1) is 16.7 Å². The zero-order valence-electron chi connectivity index (χ0n) is 15.4. The van der Waals surface area contributed by atoms with Crippen molar-refractivity contribution in [1.29, 1.82) is 0 Å². The van der Waals surface area contributed by atoms with Crippen LogP contribution in [0.1, 0.15) is 67.2 Å². The van der Waals surface area contributed by atoms with Gasteiger partial charge in [-0.05, 0) is 42.4 Å². The molecule has 1 amide bonds. The Bertz CT molecular complexity index is 342. The molecule has 21 heavy (non-hydrogen) atoms. The molecule has 3 heteroatoms. The average Bonchev–Trinajstić information content (AvgIpc) is 2.21. The minimum absolute atomic E-state index is 0.0466. The van der Waals surface area contributed by atoms with Gasteiger partial charge in [-0.15, -0.1) is 0 Å². The highest BCUT2D eigenvalue weighted by Crippen LogP contribution is 2.45. The third-order valence-corrected chi connectivity index (χ3v) is 4.44. The molecule has 1 aliphatic carbocycles. The van der Waals surface area contributed by atoms with Crippen molar-refractivity contribution in [3.63, 3.8) is 0 Å². The van der Waals surface area contributed by atoms with Crippen molar-refractivity contribution in [2.24, 2.45) is 16.7 Å². The molecule has 0 radical (unpaired) electrons. The minimum atomic E-state index is -0.0466. The van der Waals surface area contributed by atoms with Gasteiger partial charge in [0.15, 0.2) is 0 Å². The van der Waals surface area contributed by atoms with Gasteiger partial charge in [-0.3, -0.25) is 4.79 Å². The van der Waals surface area contributed by atoms with E-state index in [-0.39, 0.29) is 11.9 Å². The maximum absolute atomic E-state index is 12.4. The van der Waals surface area contributed by atoms with Crippen LogP contribution in [0.4, 0.5) is 0 Å². The summed E-state index contributed by atoms with van der Waals surface area (Å²) in [7, 11) is 3.71. The van der Waals surface area contributed by atoms with Crippen LogP contribution in [0.5, 0.6) is 0 Å². The molecule has 1 atom stereocenters. The largest absolute Gasteiger partial charge is 0.347 e. The fourth-order valence-corrected chi connectivity index (χ4v) is 4.27. The normalized spacial score (nSPS) is 23.1. The van der Waals surface area contributed by atoms with Crippen molar-refractivity contribution in [1.82, 2.24) is 10.2 Å². The zero-order valence-corrected chi connectivity index (χ0v) is 15.4. The number of hydrogen-bond donors (Lipinski definition) is 1. The molecule has 0 aliphatic heterocycles. The number of carbonyl (C=O) groups is 1. The van der Waals surface area contributed by atoms with Gasteiger partial charge in [0.05, 0.1) is 6.04 Å². The Hall–Kier alpha value is -0.570. The molecule has 0 spiro atoms. The number of nitrogens with zero attached hydrogens (tertiary/aromatic N) is 1. The Morgan fingerprint density at radius 3 is 2.00 bits per heavy atom. The summed E-state index contributed by atoms with van der Waals surface area (Å²) in [5.41, 5.74) is 0.700. The van der Waals surface area contributed by atoms with Gasteiger partial charge in [-0.2, -0.15) is 0 Å². The molecule has 124 valence electrons. The van der Waals surface area contributed by atoms with Gasteiger partial charge < -0.3 is 10.2 Å². The molecule has 0 aromatic heterocycles. The van der Waals surface area contributed by atoms with E-state index in [9.17, 15) is 4.79 Å². The average molecular weight is 296 g/mol. The van der Waals surface area contributed by atoms with Crippen molar-refractivity contribution in [2.75, 3.05) is 14.1 Å². The first-order valence-electron chi connectivity index (χ1n) is 8.39. The molecule has 1 saturated carbocycles. The molecule has 0 heterocycles. The van der Waals surface area contributed by atoms with Gasteiger partial charge in [-0.1, -0.05) is 41.5 Å². The highest BCUT2D eigenvalue weighted by Gasteiger charge is 2.39. The standard InChI is InChI=1S/C18H36N2O/c1-13(2)9-15(16(21)20(7)8)19-14-10-17(3,4)12-18(5,6)11-14/h13-15,19H,9-12H2,1-8H3. The summed E-state index contributed by atoms with van der Waals surface area (Å²) in [6.45, 7) is 13.8. The maximum atomic E-state index is 12.4. The number of amides is 1. The summed E-state index contributed by atoms with van der Waals surface area (Å²) in [6, 6.07) is 0.395. The first-order chi connectivity index (χ1) is 9.42. The smallest absolute Gasteiger partial charge is 0.239 e. The Balaban J connectivity index is 2.80. The highest BCUT2D eigenvalue weighted by atomic mass is 16.2. The van der Waals surface area contributed by atoms with E-state index in [0.29, 0.717) is 22.8 Å². The van der Waals surface area contributed by atoms with E-state index in [1.54, 1.807) is 4.90 Å². The molecule has 1 fully saturated rings. The molecule has 3 nitrogen and oxygen atoms in total. The molecular weight excluding hydrogens is 260 g/mol. The lowest BCUT2D eigenvalue weighted by Gasteiger charge is -2.46. The van der Waals surface area contributed by atoms with Crippen LogP contribution in [0.25, 0.3) is 0 Å². The number of rotatable bonds is 5. The summed E-state index contributed by atoms with van der Waals surface area (Å²) >= 11 is 0. The van der Waals surface area contributed by atoms with Crippen LogP contribution in [0.3, 0.4) is 0 Å². The van der Waals surface area contributed by atoms with E-state index >= 15 is 0 Å². The number of nitrogens with one attached hydrogen (secondary N) is 1. The lowest BCUT2D eigenvalue weighted by Crippen LogP contribution is -2.52. The summed E-state index contributed by atoms with van der Waals surface area (Å²) in [5, 5.41) is 3.69. The molecular formula is C18H36N2O. The number of carbonyl (C=O) groups excluding carboxylic acids is 1. The second kappa shape index (κ2) is 6.68. The zero-order chi connectivity index (χ0) is 16.4. The lowest BCUT2D eigenvalue weighted by atomic mass is 9.63. The first-order valence-corrected chi connectivity index (χ1v) is 8.39. The number of likely N-dealkylation sites (N-methyl/N-ethyl adjacent to an activating group) is 1. The predicted octanol–water partition coefficient (Wildman–Crippen LogP) is 3.68. The quantitative estimate of drug-likeness (QED) is 0.839. The molecule has 0 saturated heterocycles. The van der Waals surface area contributed by atoms with Gasteiger partial charge in [0.2, 0.25) is 5.91 Å². The Morgan fingerprint density at radius 2 is 1.62 bits per heavy atom. The molecule has 1 N–H and O–H groups in total. The fourth-order valence-electron chi connectivity index (χ4n) is 4.27. The van der Waals surface area contributed by atoms with Crippen molar-refractivity contribution in [3.05, 3.63) is 0 Å². The SMILES string of the molecule is CC(C)CC(NC1CC(C)(C)CC(C)(C)C1)C(=O)N(C)C. The van der Waals surface area contributed by atoms with Crippen molar-refractivity contribution < 1.29 is 4.79 Å². The predicted molar refractivity (Wildman–Crippen MR) is 90.3 cm³/mol. The summed E-state index contributed by atoms with van der Waals surface area (Å²) < 4.78 is 0. The fraction of sp³-hybridized carbons (Fsp3) is 0.944. The van der Waals surface area contributed by atoms with Crippen LogP contribution < -0.4 is 5.32 Å². The second-order valence-corrected chi connectivity index (χ2v) is 9.19. The molecule has 1 rings (SSSR count). The lowest BCUT2D eigenvalue weighted by molar-refractivity contribution is -0.131. The molecule has 0 bridgehead atoms. The molecule has 1 unspecified atom stereocenters.